The molecule has 0 aromatic carbocycles. The van der Waals surface area contributed by atoms with Gasteiger partial charge in [-0.2, -0.15) is 0 Å². The molecule has 0 aromatic rings. The summed E-state index contributed by atoms with van der Waals surface area (Å²) < 4.78 is 23.9. The number of halogens is 2. The topological polar surface area (TPSA) is 0 Å². The molecule has 0 bridgehead atoms. The highest BCUT2D eigenvalue weighted by Gasteiger charge is 2.66. The minimum atomic E-state index is -2.25. The molecule has 0 saturated heterocycles. The summed E-state index contributed by atoms with van der Waals surface area (Å²) in [4.78, 5) is 0. The zero-order chi connectivity index (χ0) is 5.07. The fraction of sp³-hybridized carbons (Fsp3) is 1.00. The molecule has 0 N–H and O–H groups in total. The van der Waals surface area contributed by atoms with Crippen LogP contribution >= 0.6 is 0 Å². The van der Waals surface area contributed by atoms with Gasteiger partial charge < -0.3 is 0 Å². The summed E-state index contributed by atoms with van der Waals surface area (Å²) in [6, 6.07) is 0. The van der Waals surface area contributed by atoms with E-state index >= 15 is 0 Å². The first-order valence-corrected chi connectivity index (χ1v) is 2.58. The van der Waals surface area contributed by atoms with E-state index in [4.69, 9.17) is 0 Å². The van der Waals surface area contributed by atoms with Crippen LogP contribution in [0.3, 0.4) is 0 Å². The first kappa shape index (κ1) is 3.81. The van der Waals surface area contributed by atoms with Crippen LogP contribution < -0.4 is 0 Å². The molecule has 2 fully saturated rings. The highest BCUT2D eigenvalue weighted by atomic mass is 19.3. The van der Waals surface area contributed by atoms with E-state index in [9.17, 15) is 8.78 Å². The van der Waals surface area contributed by atoms with E-state index in [0.717, 1.165) is 6.42 Å². The average Bonchev–Trinajstić information content (AvgIpc) is 2.13. The van der Waals surface area contributed by atoms with Gasteiger partial charge in [-0.05, 0) is 12.3 Å². The normalized spacial score (nSPS) is 52.3. The van der Waals surface area contributed by atoms with Crippen molar-refractivity contribution in [2.24, 2.45) is 11.8 Å². The second-order valence-corrected chi connectivity index (χ2v) is 2.57. The Bertz CT molecular complexity index is 109. The molecule has 0 spiro atoms. The molecule has 2 rings (SSSR count). The van der Waals surface area contributed by atoms with Gasteiger partial charge in [-0.1, -0.05) is 0 Å². The zero-order valence-corrected chi connectivity index (χ0v) is 3.82. The van der Waals surface area contributed by atoms with E-state index in [1.807, 2.05) is 0 Å². The number of alkyl halides is 2. The van der Waals surface area contributed by atoms with Crippen LogP contribution in [0.5, 0.6) is 0 Å². The number of rotatable bonds is 0. The molecule has 2 saturated carbocycles. The van der Waals surface area contributed by atoms with Crippen molar-refractivity contribution < 1.29 is 8.78 Å². The summed E-state index contributed by atoms with van der Waals surface area (Å²) in [5, 5.41) is 0. The lowest BCUT2D eigenvalue weighted by atomic mass is 9.95. The molecule has 2 atom stereocenters. The molecule has 40 valence electrons. The van der Waals surface area contributed by atoms with Crippen molar-refractivity contribution in [2.45, 2.75) is 18.8 Å². The SMILES string of the molecule is FC1(F)CC2CC21. The van der Waals surface area contributed by atoms with Gasteiger partial charge in [0.1, 0.15) is 0 Å². The third-order valence-corrected chi connectivity index (χ3v) is 2.00. The fourth-order valence-corrected chi connectivity index (χ4v) is 1.33. The van der Waals surface area contributed by atoms with Gasteiger partial charge in [0.15, 0.2) is 0 Å². The molecule has 0 radical (unpaired) electrons. The summed E-state index contributed by atoms with van der Waals surface area (Å²) in [6.07, 6.45) is 0.977. The Labute approximate surface area is 40.5 Å². The molecule has 2 aliphatic carbocycles. The summed E-state index contributed by atoms with van der Waals surface area (Å²) in [5.41, 5.74) is 0. The van der Waals surface area contributed by atoms with E-state index < -0.39 is 5.92 Å². The van der Waals surface area contributed by atoms with Crippen molar-refractivity contribution in [3.8, 4) is 0 Å². The maximum atomic E-state index is 12.0. The third-order valence-electron chi connectivity index (χ3n) is 2.00. The van der Waals surface area contributed by atoms with Crippen molar-refractivity contribution >= 4 is 0 Å². The van der Waals surface area contributed by atoms with E-state index in [-0.39, 0.29) is 12.3 Å². The molecule has 2 heteroatoms. The van der Waals surface area contributed by atoms with Gasteiger partial charge in [0.05, 0.1) is 0 Å². The maximum Gasteiger partial charge on any atom is 0.251 e. The Hall–Kier alpha value is -0.140. The lowest BCUT2D eigenvalue weighted by Gasteiger charge is -2.23. The second kappa shape index (κ2) is 0.721. The van der Waals surface area contributed by atoms with Crippen LogP contribution in [0.1, 0.15) is 12.8 Å². The van der Waals surface area contributed by atoms with E-state index in [2.05, 4.69) is 0 Å². The standard InChI is InChI=1S/C5H6F2/c6-5(7)2-3-1-4(3)5/h3-4H,1-2H2. The lowest BCUT2D eigenvalue weighted by molar-refractivity contribution is -0.0852. The zero-order valence-electron chi connectivity index (χ0n) is 3.82. The van der Waals surface area contributed by atoms with Crippen LogP contribution in [-0.2, 0) is 0 Å². The quantitative estimate of drug-likeness (QED) is 0.438. The van der Waals surface area contributed by atoms with Crippen molar-refractivity contribution in [1.29, 1.82) is 0 Å². The van der Waals surface area contributed by atoms with Crippen LogP contribution in [0, 0.1) is 11.8 Å². The van der Waals surface area contributed by atoms with Gasteiger partial charge in [-0.15, -0.1) is 0 Å². The van der Waals surface area contributed by atoms with Gasteiger partial charge in [-0.3, -0.25) is 0 Å². The van der Waals surface area contributed by atoms with Crippen LogP contribution in [-0.4, -0.2) is 5.92 Å². The van der Waals surface area contributed by atoms with Gasteiger partial charge in [0.2, 0.25) is 0 Å². The summed E-state index contributed by atoms with van der Waals surface area (Å²) in [7, 11) is 0. The molecule has 0 heterocycles. The number of hydrogen-bond acceptors (Lipinski definition) is 0. The van der Waals surface area contributed by atoms with Crippen LogP contribution in [0.15, 0.2) is 0 Å². The molecule has 2 unspecified atom stereocenters. The molecule has 0 amide bonds. The molecule has 0 nitrogen and oxygen atoms in total. The van der Waals surface area contributed by atoms with E-state index in [1.165, 1.54) is 0 Å². The monoisotopic (exact) mass is 104 g/mol. The van der Waals surface area contributed by atoms with Gasteiger partial charge in [0.25, 0.3) is 5.92 Å². The average molecular weight is 104 g/mol. The predicted octanol–water partition coefficient (Wildman–Crippen LogP) is 1.66. The third kappa shape index (κ3) is 0.307. The van der Waals surface area contributed by atoms with Crippen molar-refractivity contribution in [1.82, 2.24) is 0 Å². The molecular formula is C5H6F2. The smallest absolute Gasteiger partial charge is 0.207 e. The Morgan fingerprint density at radius 1 is 1.43 bits per heavy atom. The molecule has 2 aliphatic rings. The minimum Gasteiger partial charge on any atom is -0.207 e. The minimum absolute atomic E-state index is 0.178. The van der Waals surface area contributed by atoms with Crippen molar-refractivity contribution in [3.63, 3.8) is 0 Å². The second-order valence-electron chi connectivity index (χ2n) is 2.57. The predicted molar refractivity (Wildman–Crippen MR) is 21.2 cm³/mol. The Morgan fingerprint density at radius 3 is 2.14 bits per heavy atom. The maximum absolute atomic E-state index is 12.0. The number of fused-ring (bicyclic) bond motifs is 1. The van der Waals surface area contributed by atoms with Crippen LogP contribution in [0.25, 0.3) is 0 Å². The highest BCUT2D eigenvalue weighted by molar-refractivity contribution is 5.08. The van der Waals surface area contributed by atoms with Gasteiger partial charge >= 0.3 is 0 Å². The highest BCUT2D eigenvalue weighted by Crippen LogP contribution is 2.64. The van der Waals surface area contributed by atoms with E-state index in [1.54, 1.807) is 0 Å². The van der Waals surface area contributed by atoms with Crippen LogP contribution in [0.4, 0.5) is 8.78 Å². The summed E-state index contributed by atoms with van der Waals surface area (Å²) >= 11 is 0. The number of hydrogen-bond donors (Lipinski definition) is 0. The molecule has 7 heavy (non-hydrogen) atoms. The fourth-order valence-electron chi connectivity index (χ4n) is 1.33. The van der Waals surface area contributed by atoms with Crippen molar-refractivity contribution in [3.05, 3.63) is 0 Å². The van der Waals surface area contributed by atoms with E-state index in [0.29, 0.717) is 5.92 Å². The Balaban J connectivity index is 2.15. The molecular weight excluding hydrogens is 98.1 g/mol. The van der Waals surface area contributed by atoms with Crippen molar-refractivity contribution in [2.75, 3.05) is 0 Å². The molecule has 0 aromatic heterocycles. The first-order chi connectivity index (χ1) is 3.20. The summed E-state index contributed by atoms with van der Waals surface area (Å²) in [6.45, 7) is 0. The Morgan fingerprint density at radius 2 is 2.14 bits per heavy atom. The van der Waals surface area contributed by atoms with Crippen LogP contribution in [0.2, 0.25) is 0 Å². The first-order valence-electron chi connectivity index (χ1n) is 2.58. The van der Waals surface area contributed by atoms with Gasteiger partial charge in [0, 0.05) is 12.3 Å². The molecule has 0 aliphatic heterocycles. The lowest BCUT2D eigenvalue weighted by Crippen LogP contribution is -2.29. The Kier molecular flexibility index (Phi) is 0.392. The summed E-state index contributed by atoms with van der Waals surface area (Å²) in [5.74, 6) is -2.01. The largest absolute Gasteiger partial charge is 0.251 e. The van der Waals surface area contributed by atoms with Gasteiger partial charge in [-0.25, -0.2) is 8.78 Å².